The first-order valence-corrected chi connectivity index (χ1v) is 6.73. The van der Waals surface area contributed by atoms with E-state index >= 15 is 0 Å². The van der Waals surface area contributed by atoms with Gasteiger partial charge in [0.15, 0.2) is 0 Å². The summed E-state index contributed by atoms with van der Waals surface area (Å²) >= 11 is 9.43. The number of benzene rings is 1. The maximum atomic E-state index is 11.8. The molecule has 1 heterocycles. The number of amides is 1. The third-order valence-electron chi connectivity index (χ3n) is 2.76. The van der Waals surface area contributed by atoms with Crippen LogP contribution in [0.2, 0.25) is 5.02 Å². The second-order valence-corrected chi connectivity index (χ2v) is 5.30. The summed E-state index contributed by atoms with van der Waals surface area (Å²) in [7, 11) is 0. The molecule has 0 aliphatic carbocycles. The third kappa shape index (κ3) is 2.41. The first-order valence-electron chi connectivity index (χ1n) is 5.23. The Labute approximate surface area is 109 Å². The monoisotopic (exact) mass is 301 g/mol. The van der Waals surface area contributed by atoms with Crippen LogP contribution in [0.3, 0.4) is 0 Å². The van der Waals surface area contributed by atoms with E-state index in [4.69, 9.17) is 11.6 Å². The van der Waals surface area contributed by atoms with Crippen molar-refractivity contribution < 1.29 is 4.79 Å². The van der Waals surface area contributed by atoms with Crippen LogP contribution >= 0.6 is 27.5 Å². The van der Waals surface area contributed by atoms with Gasteiger partial charge in [-0.05, 0) is 36.6 Å². The lowest BCUT2D eigenvalue weighted by molar-refractivity contribution is -0.117. The van der Waals surface area contributed by atoms with Gasteiger partial charge in [0.2, 0.25) is 5.91 Å². The summed E-state index contributed by atoms with van der Waals surface area (Å²) in [5.74, 6) is 0.595. The van der Waals surface area contributed by atoms with Crippen molar-refractivity contribution in [2.75, 3.05) is 16.8 Å². The zero-order chi connectivity index (χ0) is 11.7. The Kier molecular flexibility index (Phi) is 3.55. The van der Waals surface area contributed by atoms with Gasteiger partial charge in [0, 0.05) is 29.0 Å². The number of carbonyl (C=O) groups is 1. The summed E-state index contributed by atoms with van der Waals surface area (Å²) in [4.78, 5) is 13.7. The number of hydrogen-bond donors (Lipinski definition) is 0. The number of halogens is 2. The predicted octanol–water partition coefficient (Wildman–Crippen LogP) is 3.40. The number of carbonyl (C=O) groups excluding carboxylic acids is 1. The summed E-state index contributed by atoms with van der Waals surface area (Å²) in [5, 5.41) is 1.56. The summed E-state index contributed by atoms with van der Waals surface area (Å²) < 4.78 is 0. The Morgan fingerprint density at radius 3 is 2.81 bits per heavy atom. The molecule has 0 radical (unpaired) electrons. The molecule has 0 bridgehead atoms. The number of rotatable bonds is 2. The van der Waals surface area contributed by atoms with E-state index in [0.29, 0.717) is 17.4 Å². The fourth-order valence-corrected chi connectivity index (χ4v) is 2.72. The van der Waals surface area contributed by atoms with E-state index in [1.807, 2.05) is 30.0 Å². The van der Waals surface area contributed by atoms with Gasteiger partial charge in [0.1, 0.15) is 0 Å². The molecule has 1 saturated heterocycles. The average Bonchev–Trinajstić information content (AvgIpc) is 2.58. The number of hydrogen-bond acceptors (Lipinski definition) is 1. The van der Waals surface area contributed by atoms with Gasteiger partial charge in [-0.3, -0.25) is 4.79 Å². The maximum Gasteiger partial charge on any atom is 0.227 e. The molecule has 86 valence electrons. The normalized spacial score (nSPS) is 20.6. The van der Waals surface area contributed by atoms with Gasteiger partial charge in [-0.2, -0.15) is 0 Å². The van der Waals surface area contributed by atoms with Crippen molar-refractivity contribution >= 4 is 39.1 Å². The van der Waals surface area contributed by atoms with Crippen LogP contribution in [0.4, 0.5) is 5.69 Å². The molecule has 2 nitrogen and oxygen atoms in total. The largest absolute Gasteiger partial charge is 0.312 e. The Hall–Kier alpha value is -0.540. The summed E-state index contributed by atoms with van der Waals surface area (Å²) in [5.41, 5.74) is 2.00. The first kappa shape index (κ1) is 11.9. The van der Waals surface area contributed by atoms with Gasteiger partial charge in [-0.15, -0.1) is 0 Å². The fourth-order valence-electron chi connectivity index (χ4n) is 2.01. The quantitative estimate of drug-likeness (QED) is 0.767. The molecule has 0 spiro atoms. The van der Waals surface area contributed by atoms with Crippen LogP contribution in [0.15, 0.2) is 18.2 Å². The van der Waals surface area contributed by atoms with Gasteiger partial charge >= 0.3 is 0 Å². The number of aryl methyl sites for hydroxylation is 1. The number of nitrogens with zero attached hydrogens (tertiary/aromatic N) is 1. The topological polar surface area (TPSA) is 20.3 Å². The molecular weight excluding hydrogens is 289 g/mol. The minimum Gasteiger partial charge on any atom is -0.312 e. The summed E-state index contributed by atoms with van der Waals surface area (Å²) in [6.45, 7) is 2.77. The molecule has 0 saturated carbocycles. The van der Waals surface area contributed by atoms with Gasteiger partial charge < -0.3 is 4.90 Å². The van der Waals surface area contributed by atoms with Crippen LogP contribution in [0.25, 0.3) is 0 Å². The lowest BCUT2D eigenvalue weighted by Crippen LogP contribution is -2.24. The molecule has 16 heavy (non-hydrogen) atoms. The van der Waals surface area contributed by atoms with E-state index in [9.17, 15) is 4.79 Å². The zero-order valence-corrected chi connectivity index (χ0v) is 11.4. The van der Waals surface area contributed by atoms with Crippen molar-refractivity contribution in [1.29, 1.82) is 0 Å². The highest BCUT2D eigenvalue weighted by Gasteiger charge is 2.29. The average molecular weight is 303 g/mol. The van der Waals surface area contributed by atoms with Crippen molar-refractivity contribution in [3.63, 3.8) is 0 Å². The maximum absolute atomic E-state index is 11.8. The first-order chi connectivity index (χ1) is 7.60. The van der Waals surface area contributed by atoms with E-state index in [1.54, 1.807) is 0 Å². The number of alkyl halides is 1. The molecule has 4 heteroatoms. The van der Waals surface area contributed by atoms with Crippen LogP contribution in [0.1, 0.15) is 12.0 Å². The highest BCUT2D eigenvalue weighted by atomic mass is 79.9. The SMILES string of the molecule is Cc1cc(Cl)cc(N2CC(CBr)CC2=O)c1. The smallest absolute Gasteiger partial charge is 0.227 e. The Morgan fingerprint density at radius 1 is 1.50 bits per heavy atom. The molecule has 1 aliphatic rings. The van der Waals surface area contributed by atoms with E-state index in [0.717, 1.165) is 23.1 Å². The molecule has 1 amide bonds. The van der Waals surface area contributed by atoms with Crippen molar-refractivity contribution in [3.05, 3.63) is 28.8 Å². The van der Waals surface area contributed by atoms with Crippen LogP contribution in [-0.2, 0) is 4.79 Å². The molecule has 2 rings (SSSR count). The van der Waals surface area contributed by atoms with E-state index in [-0.39, 0.29) is 5.91 Å². The minimum atomic E-state index is 0.186. The van der Waals surface area contributed by atoms with Crippen LogP contribution in [0.5, 0.6) is 0 Å². The van der Waals surface area contributed by atoms with Gasteiger partial charge in [-0.25, -0.2) is 0 Å². The molecule has 0 N–H and O–H groups in total. The van der Waals surface area contributed by atoms with Crippen molar-refractivity contribution in [2.24, 2.45) is 5.92 Å². The lowest BCUT2D eigenvalue weighted by Gasteiger charge is -2.17. The van der Waals surface area contributed by atoms with Gasteiger partial charge in [0.05, 0.1) is 0 Å². The molecule has 1 aromatic carbocycles. The Morgan fingerprint density at radius 2 is 2.25 bits per heavy atom. The molecular formula is C12H13BrClNO. The van der Waals surface area contributed by atoms with Crippen LogP contribution in [-0.4, -0.2) is 17.8 Å². The predicted molar refractivity (Wildman–Crippen MR) is 70.4 cm³/mol. The molecule has 1 unspecified atom stereocenters. The highest BCUT2D eigenvalue weighted by Crippen LogP contribution is 2.28. The van der Waals surface area contributed by atoms with Crippen LogP contribution in [0, 0.1) is 12.8 Å². The lowest BCUT2D eigenvalue weighted by atomic mass is 10.1. The van der Waals surface area contributed by atoms with Crippen LogP contribution < -0.4 is 4.90 Å². The van der Waals surface area contributed by atoms with Crippen molar-refractivity contribution in [2.45, 2.75) is 13.3 Å². The molecule has 1 fully saturated rings. The van der Waals surface area contributed by atoms with Gasteiger partial charge in [0.25, 0.3) is 0 Å². The summed E-state index contributed by atoms with van der Waals surface area (Å²) in [6.07, 6.45) is 0.622. The molecule has 1 aromatic rings. The van der Waals surface area contributed by atoms with Crippen molar-refractivity contribution in [3.8, 4) is 0 Å². The fraction of sp³-hybridized carbons (Fsp3) is 0.417. The molecule has 1 aliphatic heterocycles. The molecule has 0 aromatic heterocycles. The van der Waals surface area contributed by atoms with Gasteiger partial charge in [-0.1, -0.05) is 27.5 Å². The Bertz CT molecular complexity index is 401. The standard InChI is InChI=1S/C12H13BrClNO/c1-8-2-10(14)5-11(3-8)15-7-9(6-13)4-12(15)16/h2-3,5,9H,4,6-7H2,1H3. The second kappa shape index (κ2) is 4.76. The van der Waals surface area contributed by atoms with E-state index in [2.05, 4.69) is 15.9 Å². The van der Waals surface area contributed by atoms with Crippen molar-refractivity contribution in [1.82, 2.24) is 0 Å². The number of anilines is 1. The zero-order valence-electron chi connectivity index (χ0n) is 9.04. The third-order valence-corrected chi connectivity index (χ3v) is 3.90. The minimum absolute atomic E-state index is 0.186. The second-order valence-electron chi connectivity index (χ2n) is 4.22. The highest BCUT2D eigenvalue weighted by molar-refractivity contribution is 9.09. The Balaban J connectivity index is 2.27. The van der Waals surface area contributed by atoms with E-state index in [1.165, 1.54) is 0 Å². The molecule has 1 atom stereocenters. The van der Waals surface area contributed by atoms with E-state index < -0.39 is 0 Å². The summed E-state index contributed by atoms with van der Waals surface area (Å²) in [6, 6.07) is 5.75.